The fourth-order valence-corrected chi connectivity index (χ4v) is 20.2. The van der Waals surface area contributed by atoms with E-state index in [2.05, 4.69) is 47.6 Å². The van der Waals surface area contributed by atoms with Crippen molar-refractivity contribution in [3.8, 4) is 0 Å². The van der Waals surface area contributed by atoms with Crippen LogP contribution in [0, 0.1) is 80.8 Å². The van der Waals surface area contributed by atoms with Crippen LogP contribution in [0.5, 0.6) is 0 Å². The van der Waals surface area contributed by atoms with Crippen molar-refractivity contribution in [3.05, 3.63) is 34.4 Å². The largest absolute Gasteiger partial charge is 0.462 e. The Morgan fingerprint density at radius 3 is 2.06 bits per heavy atom. The molecule has 12 unspecified atom stereocenters. The third kappa shape index (κ3) is 5.59. The van der Waals surface area contributed by atoms with E-state index in [0.29, 0.717) is 49.4 Å². The first-order valence-electron chi connectivity index (χ1n) is 27.1. The fraction of sp³-hybridized carbons (Fsp3) is 0.875. The van der Waals surface area contributed by atoms with Gasteiger partial charge < -0.3 is 44.1 Å². The molecule has 2 spiro atoms. The standard InChI is InChI=1S/C56H80N2O10/c1-27-47-42(66-54(27)15-13-48(4,5)68-54)20-34-32-12-11-30-17-37-39(24-50(30,7)33(32)21-43(60)52(34,47)9)58-38-18-31-19-41(65-29(3)59)46-35(51(31,8)25-40(38)57-37)22-44(61)53(10)36(46)23-45-56(53,63)28(2)55(67-45)16-14-49(6,62)26-64-55/h23,27-28,30-35,41-47,60-63H,11-22,24-26H2,1-10H3/t27-,28+,30?,31?,32?,33?,34?,35?,41-,42?,43+,44+,45?,46?,47?,49-,50-,51-,52+,53+,54?,55+,56?/m0/s1. The molecular weight excluding hydrogens is 861 g/mol. The first kappa shape index (κ1) is 45.8. The van der Waals surface area contributed by atoms with Gasteiger partial charge in [-0.3, -0.25) is 14.8 Å². The summed E-state index contributed by atoms with van der Waals surface area (Å²) < 4.78 is 33.3. The molecule has 4 aliphatic heterocycles. The number of nitrogens with zero attached hydrogens (tertiary/aromatic N) is 2. The van der Waals surface area contributed by atoms with Crippen molar-refractivity contribution < 1.29 is 48.9 Å². The minimum atomic E-state index is -1.46. The molecule has 4 saturated heterocycles. The Bertz CT molecular complexity index is 2360. The maximum absolute atomic E-state index is 13.1. The van der Waals surface area contributed by atoms with E-state index in [0.717, 1.165) is 79.7 Å². The highest BCUT2D eigenvalue weighted by Gasteiger charge is 2.78. The Hall–Kier alpha value is -2.03. The Balaban J connectivity index is 0.786. The average molecular weight is 941 g/mol. The van der Waals surface area contributed by atoms with Gasteiger partial charge >= 0.3 is 5.97 Å². The normalized spacial score (nSPS) is 57.6. The van der Waals surface area contributed by atoms with Crippen LogP contribution in [0.15, 0.2) is 11.6 Å². The van der Waals surface area contributed by atoms with E-state index in [-0.39, 0.29) is 76.2 Å². The number of rotatable bonds is 1. The summed E-state index contributed by atoms with van der Waals surface area (Å²) in [6.07, 6.45) is 11.2. The molecule has 0 aromatic carbocycles. The minimum Gasteiger partial charge on any atom is -0.462 e. The summed E-state index contributed by atoms with van der Waals surface area (Å²) in [7, 11) is 0. The Morgan fingerprint density at radius 2 is 1.41 bits per heavy atom. The third-order valence-corrected chi connectivity index (χ3v) is 24.0. The molecule has 5 saturated carbocycles. The number of aromatic nitrogens is 2. The number of fused-ring (bicyclic) bond motifs is 16. The molecule has 12 aliphatic rings. The van der Waals surface area contributed by atoms with Crippen molar-refractivity contribution in [3.63, 3.8) is 0 Å². The van der Waals surface area contributed by atoms with Gasteiger partial charge in [0.1, 0.15) is 17.8 Å². The molecule has 8 aliphatic carbocycles. The number of ether oxygens (including phenoxy) is 5. The van der Waals surface area contributed by atoms with Gasteiger partial charge in [0.05, 0.1) is 58.9 Å². The second-order valence-corrected chi connectivity index (χ2v) is 27.4. The van der Waals surface area contributed by atoms with Crippen molar-refractivity contribution >= 4 is 5.97 Å². The van der Waals surface area contributed by atoms with E-state index in [1.165, 1.54) is 19.8 Å². The van der Waals surface area contributed by atoms with Gasteiger partial charge in [0.2, 0.25) is 0 Å². The lowest BCUT2D eigenvalue weighted by molar-refractivity contribution is -0.289. The molecule has 4 N–H and O–H groups in total. The lowest BCUT2D eigenvalue weighted by Crippen LogP contribution is -2.66. The summed E-state index contributed by atoms with van der Waals surface area (Å²) in [5.74, 6) is -0.122. The minimum absolute atomic E-state index is 0.0123. The Morgan fingerprint density at radius 1 is 0.750 bits per heavy atom. The quantitative estimate of drug-likeness (QED) is 0.169. The molecule has 0 amide bonds. The van der Waals surface area contributed by atoms with E-state index < -0.39 is 52.4 Å². The number of hydrogen-bond acceptors (Lipinski definition) is 12. The van der Waals surface area contributed by atoms with Crippen LogP contribution in [0.2, 0.25) is 0 Å². The molecule has 1 aromatic rings. The predicted octanol–water partition coefficient (Wildman–Crippen LogP) is 6.97. The smallest absolute Gasteiger partial charge is 0.302 e. The van der Waals surface area contributed by atoms with E-state index in [1.807, 2.05) is 13.8 Å². The van der Waals surface area contributed by atoms with Gasteiger partial charge in [0.15, 0.2) is 11.6 Å². The van der Waals surface area contributed by atoms with Gasteiger partial charge in [0.25, 0.3) is 0 Å². The van der Waals surface area contributed by atoms with Crippen LogP contribution in [0.4, 0.5) is 0 Å². The summed E-state index contributed by atoms with van der Waals surface area (Å²) in [5.41, 5.74) is 1.25. The Kier molecular flexibility index (Phi) is 9.41. The van der Waals surface area contributed by atoms with Gasteiger partial charge in [0, 0.05) is 54.3 Å². The summed E-state index contributed by atoms with van der Waals surface area (Å²) in [6.45, 7) is 21.4. The van der Waals surface area contributed by atoms with E-state index in [9.17, 15) is 25.2 Å². The summed E-state index contributed by atoms with van der Waals surface area (Å²) in [4.78, 5) is 24.3. The lowest BCUT2D eigenvalue weighted by atomic mass is 9.43. The highest BCUT2D eigenvalue weighted by molar-refractivity contribution is 5.66. The highest BCUT2D eigenvalue weighted by Crippen LogP contribution is 2.73. The van der Waals surface area contributed by atoms with Crippen molar-refractivity contribution in [2.45, 2.75) is 218 Å². The topological polar surface area (TPSA) is 170 Å². The number of carbonyl (C=O) groups excluding carboxylic acids is 1. The van der Waals surface area contributed by atoms with E-state index in [1.54, 1.807) is 6.92 Å². The van der Waals surface area contributed by atoms with Gasteiger partial charge in [-0.05, 0) is 144 Å². The molecular formula is C56H80N2O10. The maximum atomic E-state index is 13.1. The molecule has 12 heteroatoms. The van der Waals surface area contributed by atoms with Gasteiger partial charge in [-0.1, -0.05) is 53.2 Å². The van der Waals surface area contributed by atoms with Crippen molar-refractivity contribution in [1.82, 2.24) is 9.97 Å². The van der Waals surface area contributed by atoms with Crippen LogP contribution < -0.4 is 0 Å². The molecule has 9 fully saturated rings. The molecule has 1 aromatic heterocycles. The van der Waals surface area contributed by atoms with Crippen LogP contribution in [0.1, 0.15) is 156 Å². The van der Waals surface area contributed by atoms with Gasteiger partial charge in [-0.15, -0.1) is 0 Å². The monoisotopic (exact) mass is 941 g/mol. The number of aliphatic hydroxyl groups excluding tert-OH is 2. The van der Waals surface area contributed by atoms with Crippen LogP contribution in [0.3, 0.4) is 0 Å². The molecule has 12 nitrogen and oxygen atoms in total. The van der Waals surface area contributed by atoms with Crippen molar-refractivity contribution in [2.24, 2.45) is 80.8 Å². The van der Waals surface area contributed by atoms with E-state index in [4.69, 9.17) is 33.7 Å². The Labute approximate surface area is 403 Å². The molecule has 5 heterocycles. The molecule has 0 radical (unpaired) electrons. The second-order valence-electron chi connectivity index (χ2n) is 27.4. The van der Waals surface area contributed by atoms with Crippen LogP contribution in [-0.2, 0) is 54.2 Å². The third-order valence-electron chi connectivity index (χ3n) is 24.0. The first-order chi connectivity index (χ1) is 31.8. The maximum Gasteiger partial charge on any atom is 0.302 e. The average Bonchev–Trinajstić information content (AvgIpc) is 3.96. The summed E-state index contributed by atoms with van der Waals surface area (Å²) in [5, 5.41) is 49.0. The molecule has 0 bridgehead atoms. The fourth-order valence-electron chi connectivity index (χ4n) is 20.2. The molecule has 23 atom stereocenters. The second kappa shape index (κ2) is 14.0. The van der Waals surface area contributed by atoms with Gasteiger partial charge in [-0.25, -0.2) is 0 Å². The lowest BCUT2D eigenvalue weighted by Gasteiger charge is -2.63. The van der Waals surface area contributed by atoms with Crippen LogP contribution in [0.25, 0.3) is 0 Å². The highest BCUT2D eigenvalue weighted by atomic mass is 16.7. The van der Waals surface area contributed by atoms with Crippen LogP contribution in [-0.4, -0.2) is 102 Å². The SMILES string of the molecule is CC(=O)O[C@H]1CC2Cc3nc4c(nc3C[C@]2(C)C2C[C@@H](O)[C@@]3(C)C(=CC5O[C@]6(CC[C@](C)(O)CO6)[C@@H](C)C53O)C21)CC1CCC2C(C[C@@H](O)[C@@]3(C)C2CC2OC5(CCC(C)(C)O5)[C@@H](C)C23)[C@@]1(C)C4. The zero-order valence-corrected chi connectivity index (χ0v) is 42.5. The summed E-state index contributed by atoms with van der Waals surface area (Å²) >= 11 is 0. The molecule has 68 heavy (non-hydrogen) atoms. The van der Waals surface area contributed by atoms with E-state index >= 15 is 0 Å². The first-order valence-corrected chi connectivity index (χ1v) is 27.1. The summed E-state index contributed by atoms with van der Waals surface area (Å²) in [6, 6.07) is 0. The van der Waals surface area contributed by atoms with Gasteiger partial charge in [-0.2, -0.15) is 0 Å². The molecule has 13 rings (SSSR count). The zero-order valence-electron chi connectivity index (χ0n) is 42.5. The number of carbonyl (C=O) groups is 1. The number of esters is 1. The zero-order chi connectivity index (χ0) is 47.9. The van der Waals surface area contributed by atoms with Crippen molar-refractivity contribution in [2.75, 3.05) is 6.61 Å². The van der Waals surface area contributed by atoms with Crippen molar-refractivity contribution in [1.29, 1.82) is 0 Å². The number of aliphatic hydroxyl groups is 4. The van der Waals surface area contributed by atoms with Crippen LogP contribution >= 0.6 is 0 Å². The molecule has 374 valence electrons. The predicted molar refractivity (Wildman–Crippen MR) is 249 cm³/mol. The number of hydrogen-bond donors (Lipinski definition) is 4.